The van der Waals surface area contributed by atoms with E-state index in [0.717, 1.165) is 34.9 Å². The zero-order valence-electron chi connectivity index (χ0n) is 15.5. The molecule has 1 spiro atoms. The number of nitrogens with zero attached hydrogens (tertiary/aromatic N) is 1. The number of urea groups is 1. The summed E-state index contributed by atoms with van der Waals surface area (Å²) < 4.78 is 0. The van der Waals surface area contributed by atoms with Gasteiger partial charge in [0.2, 0.25) is 0 Å². The van der Waals surface area contributed by atoms with E-state index in [9.17, 15) is 14.4 Å². The first-order valence-electron chi connectivity index (χ1n) is 9.41. The van der Waals surface area contributed by atoms with Gasteiger partial charge in [-0.15, -0.1) is 12.4 Å². The van der Waals surface area contributed by atoms with Crippen molar-refractivity contribution in [1.82, 2.24) is 10.2 Å². The quantitative estimate of drug-likeness (QED) is 0.608. The molecule has 148 valence electrons. The second-order valence-electron chi connectivity index (χ2n) is 7.46. The minimum absolute atomic E-state index is 0. The Hall–Kier alpha value is -2.44. The number of amides is 3. The molecule has 7 heteroatoms. The zero-order valence-corrected chi connectivity index (χ0v) is 16.3. The molecule has 0 bridgehead atoms. The van der Waals surface area contributed by atoms with Crippen molar-refractivity contribution in [2.45, 2.75) is 31.2 Å². The van der Waals surface area contributed by atoms with Crippen molar-refractivity contribution in [2.24, 2.45) is 11.7 Å². The summed E-state index contributed by atoms with van der Waals surface area (Å²) >= 11 is 0. The summed E-state index contributed by atoms with van der Waals surface area (Å²) in [5.41, 5.74) is 5.42. The minimum atomic E-state index is -0.937. The molecule has 2 aromatic carbocycles. The van der Waals surface area contributed by atoms with Crippen molar-refractivity contribution in [3.63, 3.8) is 0 Å². The second-order valence-corrected chi connectivity index (χ2v) is 7.46. The Labute approximate surface area is 169 Å². The fraction of sp³-hybridized carbons (Fsp3) is 0.381. The number of benzene rings is 2. The highest BCUT2D eigenvalue weighted by molar-refractivity contribution is 6.11. The SMILES string of the molecule is Cl.NCC1CCCCC12NC(=O)N(CC(=O)c1ccc3ccccc3c1)C2=O. The third-order valence-electron chi connectivity index (χ3n) is 5.93. The molecule has 28 heavy (non-hydrogen) atoms. The van der Waals surface area contributed by atoms with Crippen molar-refractivity contribution in [2.75, 3.05) is 13.1 Å². The maximum Gasteiger partial charge on any atom is 0.325 e. The highest BCUT2D eigenvalue weighted by Gasteiger charge is 2.56. The van der Waals surface area contributed by atoms with Gasteiger partial charge in [-0.2, -0.15) is 0 Å². The van der Waals surface area contributed by atoms with Gasteiger partial charge in [0, 0.05) is 11.5 Å². The number of carbonyl (C=O) groups is 3. The number of halogens is 1. The van der Waals surface area contributed by atoms with Crippen LogP contribution in [0.4, 0.5) is 4.79 Å². The van der Waals surface area contributed by atoms with Gasteiger partial charge < -0.3 is 11.1 Å². The van der Waals surface area contributed by atoms with Crippen molar-refractivity contribution >= 4 is 40.9 Å². The lowest BCUT2D eigenvalue weighted by Gasteiger charge is -2.38. The fourth-order valence-corrected chi connectivity index (χ4v) is 4.40. The number of nitrogens with one attached hydrogen (secondary N) is 1. The van der Waals surface area contributed by atoms with Crippen LogP contribution in [-0.2, 0) is 4.79 Å². The van der Waals surface area contributed by atoms with E-state index in [1.165, 1.54) is 0 Å². The molecule has 6 nitrogen and oxygen atoms in total. The van der Waals surface area contributed by atoms with E-state index in [1.807, 2.05) is 30.3 Å². The van der Waals surface area contributed by atoms with E-state index in [-0.39, 0.29) is 36.6 Å². The first kappa shape index (κ1) is 20.3. The normalized spacial score (nSPS) is 24.3. The standard InChI is InChI=1S/C21H23N3O3.ClH/c22-12-17-7-3-4-10-21(17)19(26)24(20(27)23-21)13-18(25)16-9-8-14-5-1-2-6-15(14)11-16;/h1-2,5-6,8-9,11,17H,3-4,7,10,12-13,22H2,(H,23,27);1H. The van der Waals surface area contributed by atoms with E-state index in [0.29, 0.717) is 18.5 Å². The first-order chi connectivity index (χ1) is 13.0. The van der Waals surface area contributed by atoms with Crippen molar-refractivity contribution < 1.29 is 14.4 Å². The molecule has 1 heterocycles. The minimum Gasteiger partial charge on any atom is -0.330 e. The Balaban J connectivity index is 0.00000225. The van der Waals surface area contributed by atoms with Gasteiger partial charge >= 0.3 is 6.03 Å². The number of carbonyl (C=O) groups excluding carboxylic acids is 3. The van der Waals surface area contributed by atoms with Crippen molar-refractivity contribution in [3.8, 4) is 0 Å². The van der Waals surface area contributed by atoms with Gasteiger partial charge in [-0.05, 0) is 36.2 Å². The van der Waals surface area contributed by atoms with Crippen LogP contribution >= 0.6 is 12.4 Å². The molecule has 2 atom stereocenters. The molecule has 2 aliphatic rings. The van der Waals surface area contributed by atoms with E-state index in [1.54, 1.807) is 12.1 Å². The van der Waals surface area contributed by atoms with E-state index in [2.05, 4.69) is 5.32 Å². The zero-order chi connectivity index (χ0) is 19.0. The lowest BCUT2D eigenvalue weighted by molar-refractivity contribution is -0.134. The van der Waals surface area contributed by atoms with Gasteiger partial charge in [0.1, 0.15) is 5.54 Å². The predicted octanol–water partition coefficient (Wildman–Crippen LogP) is 2.88. The molecule has 2 unspecified atom stereocenters. The van der Waals surface area contributed by atoms with Gasteiger partial charge in [-0.25, -0.2) is 4.79 Å². The smallest absolute Gasteiger partial charge is 0.325 e. The van der Waals surface area contributed by atoms with Crippen LogP contribution in [0.2, 0.25) is 0 Å². The number of fused-ring (bicyclic) bond motifs is 1. The fourth-order valence-electron chi connectivity index (χ4n) is 4.40. The largest absolute Gasteiger partial charge is 0.330 e. The van der Waals surface area contributed by atoms with E-state index >= 15 is 0 Å². The molecule has 0 radical (unpaired) electrons. The van der Waals surface area contributed by atoms with Crippen molar-refractivity contribution in [1.29, 1.82) is 0 Å². The molecule has 0 aromatic heterocycles. The highest BCUT2D eigenvalue weighted by atomic mass is 35.5. The second kappa shape index (κ2) is 7.89. The molecule has 1 saturated heterocycles. The molecule has 1 aliphatic heterocycles. The van der Waals surface area contributed by atoms with E-state index < -0.39 is 11.6 Å². The monoisotopic (exact) mass is 401 g/mol. The van der Waals surface area contributed by atoms with Crippen LogP contribution in [0.25, 0.3) is 10.8 Å². The summed E-state index contributed by atoms with van der Waals surface area (Å²) in [5.74, 6) is -0.637. The molecular formula is C21H24ClN3O3. The number of Topliss-reactive ketones (excluding diaryl/α,β-unsaturated/α-hetero) is 1. The third kappa shape index (κ3) is 3.27. The summed E-state index contributed by atoms with van der Waals surface area (Å²) in [7, 11) is 0. The number of hydrogen-bond acceptors (Lipinski definition) is 4. The summed E-state index contributed by atoms with van der Waals surface area (Å²) in [6.07, 6.45) is 3.27. The molecule has 1 saturated carbocycles. The Morgan fingerprint density at radius 1 is 1.14 bits per heavy atom. The number of ketones is 1. The van der Waals surface area contributed by atoms with Crippen LogP contribution in [0.3, 0.4) is 0 Å². The number of hydrogen-bond donors (Lipinski definition) is 2. The van der Waals surface area contributed by atoms with Crippen LogP contribution < -0.4 is 11.1 Å². The van der Waals surface area contributed by atoms with Gasteiger partial charge in [-0.1, -0.05) is 49.2 Å². The molecule has 4 rings (SSSR count). The van der Waals surface area contributed by atoms with Crippen LogP contribution in [0.5, 0.6) is 0 Å². The van der Waals surface area contributed by atoms with Crippen LogP contribution in [0, 0.1) is 5.92 Å². The van der Waals surface area contributed by atoms with Crippen LogP contribution in [-0.4, -0.2) is 41.2 Å². The average Bonchev–Trinajstić information content (AvgIpc) is 2.92. The third-order valence-corrected chi connectivity index (χ3v) is 5.93. The molecule has 2 fully saturated rings. The highest BCUT2D eigenvalue weighted by Crippen LogP contribution is 2.38. The summed E-state index contributed by atoms with van der Waals surface area (Å²) in [6, 6.07) is 12.7. The molecular weight excluding hydrogens is 378 g/mol. The Morgan fingerprint density at radius 2 is 1.89 bits per heavy atom. The molecule has 2 aromatic rings. The number of imide groups is 1. The van der Waals surface area contributed by atoms with Gasteiger partial charge in [-0.3, -0.25) is 14.5 Å². The lowest BCUT2D eigenvalue weighted by Crippen LogP contribution is -2.57. The van der Waals surface area contributed by atoms with E-state index in [4.69, 9.17) is 5.73 Å². The average molecular weight is 402 g/mol. The molecule has 1 aliphatic carbocycles. The summed E-state index contributed by atoms with van der Waals surface area (Å²) in [6.45, 7) is 0.0977. The van der Waals surface area contributed by atoms with Crippen molar-refractivity contribution in [3.05, 3.63) is 48.0 Å². The van der Waals surface area contributed by atoms with Gasteiger partial charge in [0.25, 0.3) is 5.91 Å². The lowest BCUT2D eigenvalue weighted by atomic mass is 9.72. The Morgan fingerprint density at radius 3 is 2.64 bits per heavy atom. The van der Waals surface area contributed by atoms with Gasteiger partial charge in [0.05, 0.1) is 6.54 Å². The summed E-state index contributed by atoms with van der Waals surface area (Å²) in [4.78, 5) is 39.4. The Bertz CT molecular complexity index is 932. The summed E-state index contributed by atoms with van der Waals surface area (Å²) in [5, 5.41) is 4.85. The van der Waals surface area contributed by atoms with Crippen LogP contribution in [0.1, 0.15) is 36.0 Å². The number of nitrogens with two attached hydrogens (primary N) is 1. The molecule has 3 N–H and O–H groups in total. The first-order valence-corrected chi connectivity index (χ1v) is 9.41. The predicted molar refractivity (Wildman–Crippen MR) is 110 cm³/mol. The van der Waals surface area contributed by atoms with Crippen LogP contribution in [0.15, 0.2) is 42.5 Å². The topological polar surface area (TPSA) is 92.5 Å². The maximum atomic E-state index is 13.1. The molecule has 3 amide bonds. The maximum absolute atomic E-state index is 13.1. The van der Waals surface area contributed by atoms with Gasteiger partial charge in [0.15, 0.2) is 5.78 Å². The number of rotatable bonds is 4. The Kier molecular flexibility index (Phi) is 5.72.